The number of ether oxygens (including phenoxy) is 2. The third-order valence-corrected chi connectivity index (χ3v) is 3.83. The molecule has 1 N–H and O–H groups in total. The summed E-state index contributed by atoms with van der Waals surface area (Å²) in [5.41, 5.74) is 0.335. The van der Waals surface area contributed by atoms with Gasteiger partial charge in [-0.1, -0.05) is 0 Å². The van der Waals surface area contributed by atoms with Crippen molar-refractivity contribution in [2.75, 3.05) is 20.3 Å². The molecular weight excluding hydrogens is 361 g/mol. The Morgan fingerprint density at radius 2 is 1.63 bits per heavy atom. The highest BCUT2D eigenvalue weighted by Crippen LogP contribution is 2.34. The van der Waals surface area contributed by atoms with Crippen molar-refractivity contribution in [1.82, 2.24) is 9.78 Å². The first-order valence-electron chi connectivity index (χ1n) is 8.08. The molecule has 0 radical (unpaired) electrons. The van der Waals surface area contributed by atoms with Crippen LogP contribution in [0.3, 0.4) is 0 Å². The summed E-state index contributed by atoms with van der Waals surface area (Å²) in [4.78, 5) is 0. The number of aromatic nitrogens is 2. The number of aliphatic hydroxyl groups excluding tert-OH is 1. The minimum atomic E-state index is -4.56. The molecule has 0 saturated heterocycles. The van der Waals surface area contributed by atoms with Crippen LogP contribution in [0.1, 0.15) is 5.69 Å². The van der Waals surface area contributed by atoms with Gasteiger partial charge in [-0.25, -0.2) is 4.68 Å². The number of methoxy groups -OCH3 is 1. The first-order chi connectivity index (χ1) is 12.9. The van der Waals surface area contributed by atoms with E-state index in [0.717, 1.165) is 6.07 Å². The van der Waals surface area contributed by atoms with Crippen LogP contribution in [0.5, 0.6) is 11.5 Å². The summed E-state index contributed by atoms with van der Waals surface area (Å²) in [7, 11) is 1.51. The van der Waals surface area contributed by atoms with Gasteiger partial charge < -0.3 is 14.6 Å². The molecule has 0 aliphatic heterocycles. The molecule has 0 aliphatic rings. The smallest absolute Gasteiger partial charge is 0.435 e. The van der Waals surface area contributed by atoms with Gasteiger partial charge >= 0.3 is 6.18 Å². The topological polar surface area (TPSA) is 56.5 Å². The summed E-state index contributed by atoms with van der Waals surface area (Å²) in [5.74, 6) is 1.10. The van der Waals surface area contributed by atoms with Crippen LogP contribution in [-0.4, -0.2) is 35.2 Å². The number of halogens is 3. The molecule has 5 nitrogen and oxygen atoms in total. The average Bonchev–Trinajstić information content (AvgIpc) is 3.13. The number of alkyl halides is 3. The lowest BCUT2D eigenvalue weighted by molar-refractivity contribution is -0.141. The lowest BCUT2D eigenvalue weighted by atomic mass is 10.1. The van der Waals surface area contributed by atoms with Gasteiger partial charge in [0.15, 0.2) is 5.69 Å². The molecule has 0 amide bonds. The predicted molar refractivity (Wildman–Crippen MR) is 93.1 cm³/mol. The highest BCUT2D eigenvalue weighted by atomic mass is 19.4. The molecule has 0 atom stereocenters. The summed E-state index contributed by atoms with van der Waals surface area (Å²) in [6, 6.07) is 14.1. The number of hydrogen-bond acceptors (Lipinski definition) is 4. The predicted octanol–water partition coefficient (Wildman–Crippen LogP) is 3.94. The monoisotopic (exact) mass is 378 g/mol. The molecule has 142 valence electrons. The highest BCUT2D eigenvalue weighted by molar-refractivity contribution is 5.64. The molecule has 3 aromatic rings. The SMILES string of the molecule is COc1ccc(-n2nc(C(F)(F)F)cc2-c2ccc(OCCO)cc2)cc1. The molecule has 0 aliphatic carbocycles. The van der Waals surface area contributed by atoms with Crippen LogP contribution in [0.15, 0.2) is 54.6 Å². The fourth-order valence-electron chi connectivity index (χ4n) is 2.53. The van der Waals surface area contributed by atoms with Crippen LogP contribution in [0.2, 0.25) is 0 Å². The van der Waals surface area contributed by atoms with Gasteiger partial charge in [0.2, 0.25) is 0 Å². The zero-order chi connectivity index (χ0) is 19.4. The fourth-order valence-corrected chi connectivity index (χ4v) is 2.53. The van der Waals surface area contributed by atoms with Gasteiger partial charge in [-0.15, -0.1) is 0 Å². The molecule has 0 fully saturated rings. The van der Waals surface area contributed by atoms with Gasteiger partial charge in [0.05, 0.1) is 25.1 Å². The summed E-state index contributed by atoms with van der Waals surface area (Å²) in [6.07, 6.45) is -4.56. The normalized spacial score (nSPS) is 11.4. The van der Waals surface area contributed by atoms with E-state index < -0.39 is 11.9 Å². The summed E-state index contributed by atoms with van der Waals surface area (Å²) >= 11 is 0. The Morgan fingerprint density at radius 1 is 1.00 bits per heavy atom. The molecule has 0 bridgehead atoms. The van der Waals surface area contributed by atoms with E-state index in [-0.39, 0.29) is 13.2 Å². The largest absolute Gasteiger partial charge is 0.497 e. The minimum absolute atomic E-state index is 0.124. The maximum Gasteiger partial charge on any atom is 0.435 e. The van der Waals surface area contributed by atoms with E-state index in [4.69, 9.17) is 14.6 Å². The Labute approximate surface area is 153 Å². The molecule has 0 saturated carbocycles. The van der Waals surface area contributed by atoms with Crippen LogP contribution < -0.4 is 9.47 Å². The van der Waals surface area contributed by atoms with E-state index in [1.165, 1.54) is 11.8 Å². The van der Waals surface area contributed by atoms with E-state index in [1.807, 2.05) is 0 Å². The van der Waals surface area contributed by atoms with Gasteiger partial charge in [-0.2, -0.15) is 18.3 Å². The lowest BCUT2D eigenvalue weighted by Crippen LogP contribution is -2.07. The zero-order valence-corrected chi connectivity index (χ0v) is 14.4. The van der Waals surface area contributed by atoms with Gasteiger partial charge in [0.25, 0.3) is 0 Å². The molecule has 1 heterocycles. The Hall–Kier alpha value is -3.00. The van der Waals surface area contributed by atoms with Gasteiger partial charge in [0.1, 0.15) is 18.1 Å². The van der Waals surface area contributed by atoms with Gasteiger partial charge in [-0.05, 0) is 54.6 Å². The summed E-state index contributed by atoms with van der Waals surface area (Å²) in [5, 5.41) is 12.5. The van der Waals surface area contributed by atoms with Crippen LogP contribution in [-0.2, 0) is 6.18 Å². The van der Waals surface area contributed by atoms with Crippen molar-refractivity contribution < 1.29 is 27.8 Å². The molecule has 8 heteroatoms. The van der Waals surface area contributed by atoms with Crippen LogP contribution in [0.4, 0.5) is 13.2 Å². The van der Waals surface area contributed by atoms with Crippen molar-refractivity contribution in [3.8, 4) is 28.4 Å². The van der Waals surface area contributed by atoms with Gasteiger partial charge in [-0.3, -0.25) is 0 Å². The third kappa shape index (κ3) is 4.22. The van der Waals surface area contributed by atoms with E-state index in [1.54, 1.807) is 48.5 Å². The molecular formula is C19H17F3N2O3. The molecule has 0 spiro atoms. The second-order valence-electron chi connectivity index (χ2n) is 5.62. The molecule has 3 rings (SSSR count). The van der Waals surface area contributed by atoms with E-state index in [0.29, 0.717) is 28.4 Å². The third-order valence-electron chi connectivity index (χ3n) is 3.83. The van der Waals surface area contributed by atoms with Crippen molar-refractivity contribution >= 4 is 0 Å². The molecule has 0 unspecified atom stereocenters. The van der Waals surface area contributed by atoms with Crippen molar-refractivity contribution in [1.29, 1.82) is 0 Å². The van der Waals surface area contributed by atoms with Crippen LogP contribution in [0.25, 0.3) is 16.9 Å². The van der Waals surface area contributed by atoms with Crippen molar-refractivity contribution in [3.05, 3.63) is 60.3 Å². The first kappa shape index (κ1) is 18.8. The van der Waals surface area contributed by atoms with Crippen LogP contribution >= 0.6 is 0 Å². The van der Waals surface area contributed by atoms with E-state index >= 15 is 0 Å². The van der Waals surface area contributed by atoms with E-state index in [2.05, 4.69) is 5.10 Å². The quantitative estimate of drug-likeness (QED) is 0.706. The number of nitrogens with zero attached hydrogens (tertiary/aromatic N) is 2. The lowest BCUT2D eigenvalue weighted by Gasteiger charge is -2.10. The maximum absolute atomic E-state index is 13.2. The second-order valence-corrected chi connectivity index (χ2v) is 5.62. The van der Waals surface area contributed by atoms with Gasteiger partial charge in [0, 0.05) is 5.56 Å². The minimum Gasteiger partial charge on any atom is -0.497 e. The average molecular weight is 378 g/mol. The number of benzene rings is 2. The summed E-state index contributed by atoms with van der Waals surface area (Å²) in [6.45, 7) is 0.0162. The molecule has 27 heavy (non-hydrogen) atoms. The Bertz CT molecular complexity index is 888. The number of rotatable bonds is 6. The molecule has 2 aromatic carbocycles. The van der Waals surface area contributed by atoms with Crippen molar-refractivity contribution in [2.45, 2.75) is 6.18 Å². The van der Waals surface area contributed by atoms with Crippen LogP contribution in [0, 0.1) is 0 Å². The fraction of sp³-hybridized carbons (Fsp3) is 0.211. The second kappa shape index (κ2) is 7.71. The summed E-state index contributed by atoms with van der Waals surface area (Å²) < 4.78 is 51.2. The Balaban J connectivity index is 2.03. The van der Waals surface area contributed by atoms with Crippen molar-refractivity contribution in [3.63, 3.8) is 0 Å². The Kier molecular flexibility index (Phi) is 5.36. The first-order valence-corrected chi connectivity index (χ1v) is 8.08. The van der Waals surface area contributed by atoms with E-state index in [9.17, 15) is 13.2 Å². The van der Waals surface area contributed by atoms with Crippen molar-refractivity contribution in [2.24, 2.45) is 0 Å². The number of aliphatic hydroxyl groups is 1. The highest BCUT2D eigenvalue weighted by Gasteiger charge is 2.35. The maximum atomic E-state index is 13.2. The standard InChI is InChI=1S/C19H17F3N2O3/c1-26-15-8-4-14(5-9-15)24-17(12-18(23-24)19(20,21)22)13-2-6-16(7-3-13)27-11-10-25/h2-9,12,25H,10-11H2,1H3. The number of hydrogen-bond donors (Lipinski definition) is 1. The molecule has 1 aromatic heterocycles. The Morgan fingerprint density at radius 3 is 2.19 bits per heavy atom. The zero-order valence-electron chi connectivity index (χ0n) is 14.4.